The van der Waals surface area contributed by atoms with Crippen LogP contribution < -0.4 is 0 Å². The van der Waals surface area contributed by atoms with Crippen LogP contribution in [0.25, 0.3) is 0 Å². The summed E-state index contributed by atoms with van der Waals surface area (Å²) in [7, 11) is 1.07. The van der Waals surface area contributed by atoms with Gasteiger partial charge in [-0.05, 0) is 30.8 Å². The molecule has 1 aromatic rings. The van der Waals surface area contributed by atoms with Crippen molar-refractivity contribution in [2.75, 3.05) is 0 Å². The second kappa shape index (κ2) is 5.32. The van der Waals surface area contributed by atoms with Crippen LogP contribution in [0.1, 0.15) is 11.7 Å². The number of benzene rings is 1. The van der Waals surface area contributed by atoms with Gasteiger partial charge in [-0.3, -0.25) is 0 Å². The molecule has 0 amide bonds. The molecule has 4 heteroatoms. The smallest absolute Gasteiger partial charge is 0.171 e. The van der Waals surface area contributed by atoms with E-state index in [1.807, 2.05) is 0 Å². The van der Waals surface area contributed by atoms with E-state index in [0.29, 0.717) is 0 Å². The molecule has 0 saturated heterocycles. The van der Waals surface area contributed by atoms with E-state index < -0.39 is 9.04 Å². The van der Waals surface area contributed by atoms with Crippen LogP contribution in [0.2, 0.25) is 19.4 Å². The van der Waals surface area contributed by atoms with Crippen LogP contribution in [-0.2, 0) is 4.43 Å². The van der Waals surface area contributed by atoms with E-state index in [4.69, 9.17) is 4.43 Å². The Morgan fingerprint density at radius 3 is 2.36 bits per heavy atom. The molecule has 0 heterocycles. The molecule has 0 spiro atoms. The SMILES string of the molecule is BC[C@H](O[SiH](C)C)c1ccc(F)cc1. The standard InChI is InChI=1S/C10H16BFOSi/c1-14(2)13-10(7-11)8-3-5-9(12)6-4-8/h3-6,10,14H,7,11H2,1-2H3/t10-/m0/s1. The van der Waals surface area contributed by atoms with Crippen molar-refractivity contribution < 1.29 is 8.82 Å². The Labute approximate surface area is 87.4 Å². The fraction of sp³-hybridized carbons (Fsp3) is 0.400. The Morgan fingerprint density at radius 2 is 1.93 bits per heavy atom. The molecule has 1 rings (SSSR count). The molecule has 1 nitrogen and oxygen atoms in total. The van der Waals surface area contributed by atoms with E-state index in [2.05, 4.69) is 20.9 Å². The molecular formula is C10H16BFOSi. The van der Waals surface area contributed by atoms with Crippen LogP contribution in [0, 0.1) is 5.82 Å². The van der Waals surface area contributed by atoms with Crippen molar-refractivity contribution in [3.8, 4) is 0 Å². The Balaban J connectivity index is 2.73. The lowest BCUT2D eigenvalue weighted by atomic mass is 9.94. The molecule has 0 saturated carbocycles. The average molecular weight is 210 g/mol. The van der Waals surface area contributed by atoms with Gasteiger partial charge in [0.1, 0.15) is 13.7 Å². The number of rotatable bonds is 4. The molecule has 76 valence electrons. The molecule has 0 N–H and O–H groups in total. The van der Waals surface area contributed by atoms with Crippen molar-refractivity contribution in [3.63, 3.8) is 0 Å². The first-order valence-electron chi connectivity index (χ1n) is 5.04. The first-order chi connectivity index (χ1) is 6.63. The summed E-state index contributed by atoms with van der Waals surface area (Å²) in [6, 6.07) is 6.59. The van der Waals surface area contributed by atoms with Gasteiger partial charge in [-0.15, -0.1) is 0 Å². The third-order valence-corrected chi connectivity index (χ3v) is 2.92. The number of halogens is 1. The molecular weight excluding hydrogens is 194 g/mol. The summed E-state index contributed by atoms with van der Waals surface area (Å²) < 4.78 is 18.5. The second-order valence-electron chi connectivity index (χ2n) is 3.63. The lowest BCUT2D eigenvalue weighted by Gasteiger charge is -2.19. The van der Waals surface area contributed by atoms with Crippen LogP contribution in [0.3, 0.4) is 0 Å². The van der Waals surface area contributed by atoms with Gasteiger partial charge < -0.3 is 4.43 Å². The van der Waals surface area contributed by atoms with E-state index in [9.17, 15) is 4.39 Å². The van der Waals surface area contributed by atoms with Crippen LogP contribution in [0.4, 0.5) is 4.39 Å². The predicted molar refractivity (Wildman–Crippen MR) is 62.5 cm³/mol. The molecule has 0 aromatic heterocycles. The van der Waals surface area contributed by atoms with Crippen molar-refractivity contribution in [3.05, 3.63) is 35.6 Å². The van der Waals surface area contributed by atoms with Crippen molar-refractivity contribution in [2.45, 2.75) is 25.5 Å². The summed E-state index contributed by atoms with van der Waals surface area (Å²) in [6.45, 7) is 4.29. The summed E-state index contributed by atoms with van der Waals surface area (Å²) in [5.74, 6) is -0.189. The molecule has 1 atom stereocenters. The summed E-state index contributed by atoms with van der Waals surface area (Å²) in [4.78, 5) is 0. The highest BCUT2D eigenvalue weighted by atomic mass is 28.3. The van der Waals surface area contributed by atoms with E-state index in [-0.39, 0.29) is 11.9 Å². The third-order valence-electron chi connectivity index (χ3n) is 2.05. The molecule has 0 aliphatic rings. The fourth-order valence-electron chi connectivity index (χ4n) is 1.42. The second-order valence-corrected chi connectivity index (χ2v) is 6.00. The summed E-state index contributed by atoms with van der Waals surface area (Å²) in [6.07, 6.45) is 1.08. The maximum atomic E-state index is 12.7. The van der Waals surface area contributed by atoms with E-state index >= 15 is 0 Å². The molecule has 0 unspecified atom stereocenters. The van der Waals surface area contributed by atoms with Crippen molar-refractivity contribution in [1.29, 1.82) is 0 Å². The topological polar surface area (TPSA) is 9.23 Å². The van der Waals surface area contributed by atoms with E-state index in [0.717, 1.165) is 11.9 Å². The highest BCUT2D eigenvalue weighted by molar-refractivity contribution is 6.48. The number of hydrogen-bond acceptors (Lipinski definition) is 1. The minimum atomic E-state index is -1.02. The maximum absolute atomic E-state index is 12.7. The summed E-state index contributed by atoms with van der Waals surface area (Å²) in [5.41, 5.74) is 1.08. The van der Waals surface area contributed by atoms with E-state index in [1.54, 1.807) is 12.1 Å². The van der Waals surface area contributed by atoms with Gasteiger partial charge in [0.25, 0.3) is 0 Å². The normalized spacial score (nSPS) is 13.1. The minimum absolute atomic E-state index is 0.141. The molecule has 14 heavy (non-hydrogen) atoms. The quantitative estimate of drug-likeness (QED) is 0.690. The van der Waals surface area contributed by atoms with Crippen molar-refractivity contribution in [2.24, 2.45) is 0 Å². The van der Waals surface area contributed by atoms with Gasteiger partial charge in [-0.2, -0.15) is 0 Å². The lowest BCUT2D eigenvalue weighted by Crippen LogP contribution is -2.13. The van der Waals surface area contributed by atoms with Gasteiger partial charge in [0.05, 0.1) is 6.10 Å². The average Bonchev–Trinajstić information content (AvgIpc) is 2.15. The monoisotopic (exact) mass is 210 g/mol. The van der Waals surface area contributed by atoms with Crippen LogP contribution >= 0.6 is 0 Å². The molecule has 1 aromatic carbocycles. The van der Waals surface area contributed by atoms with Gasteiger partial charge in [-0.25, -0.2) is 4.39 Å². The lowest BCUT2D eigenvalue weighted by molar-refractivity contribution is 0.231. The van der Waals surface area contributed by atoms with Gasteiger partial charge >= 0.3 is 0 Å². The number of hydrogen-bond donors (Lipinski definition) is 0. The van der Waals surface area contributed by atoms with Gasteiger partial charge in [-0.1, -0.05) is 18.5 Å². The molecule has 0 fully saturated rings. The molecule has 0 radical (unpaired) electrons. The third kappa shape index (κ3) is 3.27. The Morgan fingerprint density at radius 1 is 1.36 bits per heavy atom. The van der Waals surface area contributed by atoms with Gasteiger partial charge in [0.2, 0.25) is 0 Å². The summed E-state index contributed by atoms with van der Waals surface area (Å²) in [5, 5.41) is 0. The van der Waals surface area contributed by atoms with E-state index in [1.165, 1.54) is 12.1 Å². The minimum Gasteiger partial charge on any atom is -0.414 e. The Kier molecular flexibility index (Phi) is 4.35. The van der Waals surface area contributed by atoms with Crippen LogP contribution in [-0.4, -0.2) is 16.9 Å². The Hall–Kier alpha value is -0.608. The zero-order chi connectivity index (χ0) is 10.6. The molecule has 0 aliphatic heterocycles. The first kappa shape index (κ1) is 11.5. The zero-order valence-electron chi connectivity index (χ0n) is 8.96. The largest absolute Gasteiger partial charge is 0.414 e. The van der Waals surface area contributed by atoms with Crippen molar-refractivity contribution >= 4 is 16.9 Å². The van der Waals surface area contributed by atoms with Crippen molar-refractivity contribution in [1.82, 2.24) is 0 Å². The molecule has 0 bridgehead atoms. The highest BCUT2D eigenvalue weighted by Gasteiger charge is 2.11. The predicted octanol–water partition coefficient (Wildman–Crippen LogP) is 1.92. The van der Waals surface area contributed by atoms with Crippen LogP contribution in [0.15, 0.2) is 24.3 Å². The van der Waals surface area contributed by atoms with Crippen LogP contribution in [0.5, 0.6) is 0 Å². The summed E-state index contributed by atoms with van der Waals surface area (Å²) >= 11 is 0. The Bertz CT molecular complexity index is 276. The maximum Gasteiger partial charge on any atom is 0.171 e. The van der Waals surface area contributed by atoms with Gasteiger partial charge in [0, 0.05) is 0 Å². The zero-order valence-corrected chi connectivity index (χ0v) is 10.1. The highest BCUT2D eigenvalue weighted by Crippen LogP contribution is 2.21. The fourth-order valence-corrected chi connectivity index (χ4v) is 2.42. The first-order valence-corrected chi connectivity index (χ1v) is 7.82. The molecule has 0 aliphatic carbocycles. The van der Waals surface area contributed by atoms with Gasteiger partial charge in [0.15, 0.2) is 9.04 Å².